The van der Waals surface area contributed by atoms with Gasteiger partial charge in [0, 0.05) is 16.1 Å². The van der Waals surface area contributed by atoms with E-state index in [4.69, 9.17) is 17.3 Å². The van der Waals surface area contributed by atoms with E-state index in [0.29, 0.717) is 10.8 Å². The summed E-state index contributed by atoms with van der Waals surface area (Å²) < 4.78 is 0. The smallest absolute Gasteiger partial charge is 0.148 e. The molecular formula is C10H10ClN3. The van der Waals surface area contributed by atoms with Crippen LogP contribution in [0.15, 0.2) is 24.3 Å². The summed E-state index contributed by atoms with van der Waals surface area (Å²) in [6.07, 6.45) is 0. The highest BCUT2D eigenvalue weighted by Crippen LogP contribution is 2.25. The monoisotopic (exact) mass is 207 g/mol. The molecule has 3 nitrogen and oxygen atoms in total. The van der Waals surface area contributed by atoms with Gasteiger partial charge in [-0.05, 0) is 19.1 Å². The van der Waals surface area contributed by atoms with Crippen molar-refractivity contribution in [2.75, 3.05) is 5.73 Å². The van der Waals surface area contributed by atoms with Gasteiger partial charge < -0.3 is 5.73 Å². The molecule has 0 fully saturated rings. The number of nitrogens with two attached hydrogens (primary N) is 1. The van der Waals surface area contributed by atoms with Gasteiger partial charge in [0.2, 0.25) is 0 Å². The average molecular weight is 208 g/mol. The summed E-state index contributed by atoms with van der Waals surface area (Å²) >= 11 is 5.89. The van der Waals surface area contributed by atoms with E-state index in [1.54, 1.807) is 0 Å². The van der Waals surface area contributed by atoms with Gasteiger partial charge in [-0.15, -0.1) is 0 Å². The van der Waals surface area contributed by atoms with Gasteiger partial charge in [-0.2, -0.15) is 5.10 Å². The summed E-state index contributed by atoms with van der Waals surface area (Å²) in [5.74, 6) is 0.528. The molecule has 1 heterocycles. The van der Waals surface area contributed by atoms with E-state index in [-0.39, 0.29) is 0 Å². The Bertz CT molecular complexity index is 462. The van der Waals surface area contributed by atoms with E-state index >= 15 is 0 Å². The summed E-state index contributed by atoms with van der Waals surface area (Å²) in [4.78, 5) is 0. The van der Waals surface area contributed by atoms with Crippen LogP contribution in [0.25, 0.3) is 11.3 Å². The van der Waals surface area contributed by atoms with Crippen molar-refractivity contribution in [1.82, 2.24) is 10.2 Å². The Kier molecular flexibility index (Phi) is 2.17. The van der Waals surface area contributed by atoms with E-state index < -0.39 is 0 Å². The minimum Gasteiger partial charge on any atom is -0.382 e. The fourth-order valence-electron chi connectivity index (χ4n) is 1.34. The molecule has 0 saturated carbocycles. The van der Waals surface area contributed by atoms with E-state index in [1.807, 2.05) is 31.2 Å². The van der Waals surface area contributed by atoms with Crippen LogP contribution < -0.4 is 5.73 Å². The number of hydrogen-bond donors (Lipinski definition) is 2. The number of aromatic nitrogens is 2. The summed E-state index contributed by atoms with van der Waals surface area (Å²) in [6, 6.07) is 7.57. The molecule has 1 aromatic carbocycles. The van der Waals surface area contributed by atoms with Crippen LogP contribution >= 0.6 is 11.6 Å². The molecule has 3 N–H and O–H groups in total. The number of nitrogen functional groups attached to an aromatic ring is 1. The van der Waals surface area contributed by atoms with Crippen molar-refractivity contribution >= 4 is 17.4 Å². The third-order valence-electron chi connectivity index (χ3n) is 2.16. The lowest BCUT2D eigenvalue weighted by molar-refractivity contribution is 1.10. The van der Waals surface area contributed by atoms with Crippen molar-refractivity contribution in [3.05, 3.63) is 34.9 Å². The highest BCUT2D eigenvalue weighted by atomic mass is 35.5. The predicted octanol–water partition coefficient (Wildman–Crippen LogP) is 2.62. The Morgan fingerprint density at radius 2 is 2.21 bits per heavy atom. The number of H-pyrrole nitrogens is 1. The van der Waals surface area contributed by atoms with Crippen molar-refractivity contribution in [1.29, 1.82) is 0 Å². The van der Waals surface area contributed by atoms with Crippen LogP contribution in [-0.4, -0.2) is 10.2 Å². The lowest BCUT2D eigenvalue weighted by Crippen LogP contribution is -1.86. The van der Waals surface area contributed by atoms with Gasteiger partial charge in [-0.25, -0.2) is 0 Å². The molecule has 0 unspecified atom stereocenters. The minimum atomic E-state index is 0.528. The maximum atomic E-state index is 5.89. The van der Waals surface area contributed by atoms with Gasteiger partial charge >= 0.3 is 0 Å². The lowest BCUT2D eigenvalue weighted by Gasteiger charge is -1.99. The molecule has 0 radical (unpaired) electrons. The highest BCUT2D eigenvalue weighted by molar-refractivity contribution is 6.30. The van der Waals surface area contributed by atoms with Gasteiger partial charge in [0.05, 0.1) is 5.69 Å². The van der Waals surface area contributed by atoms with Gasteiger partial charge in [-0.1, -0.05) is 23.7 Å². The van der Waals surface area contributed by atoms with E-state index in [0.717, 1.165) is 16.8 Å². The molecular weight excluding hydrogens is 198 g/mol. The predicted molar refractivity (Wildman–Crippen MR) is 58.2 cm³/mol. The molecule has 2 rings (SSSR count). The average Bonchev–Trinajstić information content (AvgIpc) is 2.48. The van der Waals surface area contributed by atoms with Crippen LogP contribution in [0.1, 0.15) is 5.56 Å². The van der Waals surface area contributed by atoms with E-state index in [9.17, 15) is 0 Å². The summed E-state index contributed by atoms with van der Waals surface area (Å²) in [7, 11) is 0. The van der Waals surface area contributed by atoms with Crippen LogP contribution in [0.3, 0.4) is 0 Å². The van der Waals surface area contributed by atoms with Gasteiger partial charge in [0.25, 0.3) is 0 Å². The fraction of sp³-hybridized carbons (Fsp3) is 0.100. The number of hydrogen-bond acceptors (Lipinski definition) is 2. The number of nitrogens with one attached hydrogen (secondary N) is 1. The molecule has 0 saturated heterocycles. The molecule has 1 aromatic heterocycles. The molecule has 0 aliphatic heterocycles. The van der Waals surface area contributed by atoms with Crippen LogP contribution in [0.4, 0.5) is 5.82 Å². The number of nitrogens with zero attached hydrogens (tertiary/aromatic N) is 1. The first-order valence-corrected chi connectivity index (χ1v) is 4.62. The molecule has 0 atom stereocenters. The molecule has 14 heavy (non-hydrogen) atoms. The standard InChI is InChI=1S/C10H10ClN3/c1-6-9(13-14-10(6)12)7-3-2-4-8(11)5-7/h2-5H,1H3,(H3,12,13,14). The zero-order chi connectivity index (χ0) is 10.1. The second kappa shape index (κ2) is 3.35. The molecule has 0 bridgehead atoms. The fourth-order valence-corrected chi connectivity index (χ4v) is 1.53. The molecule has 0 aliphatic rings. The first-order valence-electron chi connectivity index (χ1n) is 4.25. The van der Waals surface area contributed by atoms with Crippen molar-refractivity contribution in [2.24, 2.45) is 0 Å². The topological polar surface area (TPSA) is 54.7 Å². The second-order valence-corrected chi connectivity index (χ2v) is 3.56. The van der Waals surface area contributed by atoms with Gasteiger partial charge in [-0.3, -0.25) is 5.10 Å². The van der Waals surface area contributed by atoms with E-state index in [2.05, 4.69) is 10.2 Å². The summed E-state index contributed by atoms with van der Waals surface area (Å²) in [5, 5.41) is 7.52. The van der Waals surface area contributed by atoms with Crippen molar-refractivity contribution in [3.63, 3.8) is 0 Å². The van der Waals surface area contributed by atoms with Crippen LogP contribution in [0.2, 0.25) is 5.02 Å². The molecule has 0 spiro atoms. The SMILES string of the molecule is Cc1c(N)n[nH]c1-c1cccc(Cl)c1. The van der Waals surface area contributed by atoms with Gasteiger partial charge in [0.1, 0.15) is 5.82 Å². The Labute approximate surface area is 86.9 Å². The summed E-state index contributed by atoms with van der Waals surface area (Å²) in [5.41, 5.74) is 8.51. The Morgan fingerprint density at radius 1 is 1.43 bits per heavy atom. The highest BCUT2D eigenvalue weighted by Gasteiger charge is 2.07. The normalized spacial score (nSPS) is 10.4. The number of benzene rings is 1. The van der Waals surface area contributed by atoms with Crippen molar-refractivity contribution in [2.45, 2.75) is 6.92 Å². The molecule has 0 aliphatic carbocycles. The molecule has 4 heteroatoms. The third kappa shape index (κ3) is 1.46. The first-order chi connectivity index (χ1) is 6.68. The third-order valence-corrected chi connectivity index (χ3v) is 2.40. The number of halogens is 1. The van der Waals surface area contributed by atoms with Gasteiger partial charge in [0.15, 0.2) is 0 Å². The maximum absolute atomic E-state index is 5.89. The number of anilines is 1. The number of rotatable bonds is 1. The lowest BCUT2D eigenvalue weighted by atomic mass is 10.1. The van der Waals surface area contributed by atoms with Crippen molar-refractivity contribution in [3.8, 4) is 11.3 Å². The molecule has 2 aromatic rings. The number of aromatic amines is 1. The minimum absolute atomic E-state index is 0.528. The molecule has 0 amide bonds. The van der Waals surface area contributed by atoms with Crippen molar-refractivity contribution < 1.29 is 0 Å². The quantitative estimate of drug-likeness (QED) is 0.755. The zero-order valence-corrected chi connectivity index (χ0v) is 8.47. The largest absolute Gasteiger partial charge is 0.382 e. The Morgan fingerprint density at radius 3 is 2.79 bits per heavy atom. The molecule has 72 valence electrons. The second-order valence-electron chi connectivity index (χ2n) is 3.12. The van der Waals surface area contributed by atoms with Crippen LogP contribution in [0, 0.1) is 6.92 Å². The van der Waals surface area contributed by atoms with Crippen LogP contribution in [-0.2, 0) is 0 Å². The Hall–Kier alpha value is -1.48. The van der Waals surface area contributed by atoms with Crippen LogP contribution in [0.5, 0.6) is 0 Å². The first kappa shape index (κ1) is 9.09. The van der Waals surface area contributed by atoms with E-state index in [1.165, 1.54) is 0 Å². The Balaban J connectivity index is 2.55. The maximum Gasteiger partial charge on any atom is 0.148 e. The zero-order valence-electron chi connectivity index (χ0n) is 7.71. The summed E-state index contributed by atoms with van der Waals surface area (Å²) in [6.45, 7) is 1.93.